The summed E-state index contributed by atoms with van der Waals surface area (Å²) in [5.74, 6) is 2.70. The number of rotatable bonds is 10. The molecular formula is C39H51FN10O3. The second-order valence-electron chi connectivity index (χ2n) is 15.6. The Kier molecular flexibility index (Phi) is 10.4. The van der Waals surface area contributed by atoms with Gasteiger partial charge in [0.1, 0.15) is 17.3 Å². The van der Waals surface area contributed by atoms with Gasteiger partial charge in [0, 0.05) is 62.8 Å². The molecule has 4 aromatic rings. The third-order valence-electron chi connectivity index (χ3n) is 10.9. The van der Waals surface area contributed by atoms with E-state index < -0.39 is 11.4 Å². The average molecular weight is 727 g/mol. The van der Waals surface area contributed by atoms with E-state index in [1.165, 1.54) is 37.1 Å². The maximum absolute atomic E-state index is 15.0. The van der Waals surface area contributed by atoms with E-state index in [0.717, 1.165) is 42.9 Å². The second kappa shape index (κ2) is 15.2. The van der Waals surface area contributed by atoms with Crippen molar-refractivity contribution in [2.75, 3.05) is 76.0 Å². The summed E-state index contributed by atoms with van der Waals surface area (Å²) in [6.45, 7) is 8.60. The number of urea groups is 1. The number of halogens is 1. The number of piperazine rings is 1. The summed E-state index contributed by atoms with van der Waals surface area (Å²) >= 11 is 0. The molecule has 282 valence electrons. The third-order valence-corrected chi connectivity index (χ3v) is 10.9. The van der Waals surface area contributed by atoms with Crippen LogP contribution in [0.25, 0.3) is 16.7 Å². The van der Waals surface area contributed by atoms with Gasteiger partial charge >= 0.3 is 6.03 Å². The summed E-state index contributed by atoms with van der Waals surface area (Å²) in [4.78, 5) is 46.4. The smallest absolute Gasteiger partial charge is 0.317 e. The van der Waals surface area contributed by atoms with Crippen LogP contribution in [0.2, 0.25) is 0 Å². The number of nitrogens with one attached hydrogen (secondary N) is 3. The van der Waals surface area contributed by atoms with Crippen LogP contribution in [-0.2, 0) is 0 Å². The number of hydrogen-bond acceptors (Lipinski definition) is 10. The maximum atomic E-state index is 15.0. The minimum atomic E-state index is -0.700. The molecule has 2 amide bonds. The standard InChI is InChI=1S/C39H51FN10O3/c1-25-17-26-19-27(18-25)23-39(2,22-26)46-38(52)49-15-13-48(14-16-49)33-10-9-32(36(44-33)53-5)43-37-42-24-30-31(40)21-34(51)50(35(30)45-37)29-8-6-7-28(20-29)41-11-12-47(3)4/h6-10,20-21,24-27,41H,11-19,22-23H2,1-5H3,(H,46,52)(H,42,43,45). The molecule has 0 radical (unpaired) electrons. The number of pyridine rings is 2. The fourth-order valence-electron chi connectivity index (χ4n) is 8.70. The predicted octanol–water partition coefficient (Wildman–Crippen LogP) is 5.48. The number of anilines is 4. The van der Waals surface area contributed by atoms with Crippen molar-refractivity contribution >= 4 is 40.2 Å². The number of carbonyl (C=O) groups is 1. The van der Waals surface area contributed by atoms with Crippen molar-refractivity contribution in [2.45, 2.75) is 51.5 Å². The zero-order valence-electron chi connectivity index (χ0n) is 31.4. The molecule has 1 aliphatic heterocycles. The van der Waals surface area contributed by atoms with E-state index in [1.807, 2.05) is 49.3 Å². The topological polar surface area (TPSA) is 133 Å². The van der Waals surface area contributed by atoms with E-state index in [2.05, 4.69) is 49.6 Å². The highest BCUT2D eigenvalue weighted by Gasteiger charge is 2.42. The number of methoxy groups -OCH3 is 1. The van der Waals surface area contributed by atoms with Crippen LogP contribution >= 0.6 is 0 Å². The summed E-state index contributed by atoms with van der Waals surface area (Å²) in [6.07, 6.45) is 7.34. The molecule has 3 fully saturated rings. The van der Waals surface area contributed by atoms with Gasteiger partial charge in [-0.05, 0) is 101 Å². The molecule has 3 aromatic heterocycles. The summed E-state index contributed by atoms with van der Waals surface area (Å²) in [5.41, 5.74) is 1.30. The maximum Gasteiger partial charge on any atom is 0.317 e. The lowest BCUT2D eigenvalue weighted by Crippen LogP contribution is -2.59. The Balaban J connectivity index is 1.03. The predicted molar refractivity (Wildman–Crippen MR) is 206 cm³/mol. The van der Waals surface area contributed by atoms with Crippen LogP contribution in [0.4, 0.5) is 32.3 Å². The first-order valence-electron chi connectivity index (χ1n) is 18.7. The molecular weight excluding hydrogens is 675 g/mol. The molecule has 7 rings (SSSR count). The molecule has 14 heteroatoms. The van der Waals surface area contributed by atoms with Gasteiger partial charge in [0.15, 0.2) is 5.65 Å². The molecule has 1 aromatic carbocycles. The highest BCUT2D eigenvalue weighted by atomic mass is 19.1. The Morgan fingerprint density at radius 2 is 1.79 bits per heavy atom. The number of nitrogens with zero attached hydrogens (tertiary/aromatic N) is 7. The highest BCUT2D eigenvalue weighted by Crippen LogP contribution is 2.46. The van der Waals surface area contributed by atoms with Crippen LogP contribution in [0.5, 0.6) is 5.88 Å². The molecule has 1 saturated heterocycles. The fourth-order valence-corrected chi connectivity index (χ4v) is 8.70. The fraction of sp³-hybridized carbons (Fsp3) is 0.513. The van der Waals surface area contributed by atoms with Crippen molar-refractivity contribution < 1.29 is 13.9 Å². The monoisotopic (exact) mass is 726 g/mol. The first-order valence-corrected chi connectivity index (χ1v) is 18.7. The van der Waals surface area contributed by atoms with Crippen LogP contribution in [0, 0.1) is 23.6 Å². The van der Waals surface area contributed by atoms with Crippen molar-refractivity contribution in [3.63, 3.8) is 0 Å². The number of amides is 2. The molecule has 3 N–H and O–H groups in total. The van der Waals surface area contributed by atoms with Gasteiger partial charge in [0.25, 0.3) is 5.56 Å². The summed E-state index contributed by atoms with van der Waals surface area (Å²) < 4.78 is 22.1. The first-order chi connectivity index (χ1) is 25.5. The number of likely N-dealkylation sites (N-methyl/N-ethyl adjacent to an activating group) is 1. The van der Waals surface area contributed by atoms with Crippen molar-refractivity contribution in [3.05, 3.63) is 64.8 Å². The van der Waals surface area contributed by atoms with E-state index in [1.54, 1.807) is 6.07 Å². The van der Waals surface area contributed by atoms with Gasteiger partial charge < -0.3 is 35.4 Å². The van der Waals surface area contributed by atoms with Crippen LogP contribution < -0.4 is 31.1 Å². The van der Waals surface area contributed by atoms with Crippen LogP contribution in [0.3, 0.4) is 0 Å². The molecule has 2 saturated carbocycles. The minimum Gasteiger partial charge on any atom is -0.479 e. The lowest BCUT2D eigenvalue weighted by molar-refractivity contribution is 0.0738. The summed E-state index contributed by atoms with van der Waals surface area (Å²) in [5, 5.41) is 10.0. The lowest BCUT2D eigenvalue weighted by Gasteiger charge is -2.48. The number of hydrogen-bond donors (Lipinski definition) is 3. The number of fused-ring (bicyclic) bond motifs is 3. The zero-order valence-corrected chi connectivity index (χ0v) is 31.4. The number of carbonyl (C=O) groups excluding carboxylic acids is 1. The molecule has 0 spiro atoms. The Bertz CT molecular complexity index is 2000. The molecule has 53 heavy (non-hydrogen) atoms. The molecule has 2 unspecified atom stereocenters. The summed E-state index contributed by atoms with van der Waals surface area (Å²) in [7, 11) is 5.53. The van der Waals surface area contributed by atoms with Crippen molar-refractivity contribution in [1.29, 1.82) is 0 Å². The zero-order chi connectivity index (χ0) is 37.3. The Morgan fingerprint density at radius 1 is 1.04 bits per heavy atom. The number of benzene rings is 1. The normalized spacial score (nSPS) is 22.9. The van der Waals surface area contributed by atoms with Gasteiger partial charge in [-0.1, -0.05) is 13.0 Å². The third kappa shape index (κ3) is 8.17. The van der Waals surface area contributed by atoms with Gasteiger partial charge in [-0.25, -0.2) is 14.2 Å². The number of ether oxygens (including phenoxy) is 1. The average Bonchev–Trinajstić information content (AvgIpc) is 3.11. The van der Waals surface area contributed by atoms with Gasteiger partial charge in [0.2, 0.25) is 11.8 Å². The van der Waals surface area contributed by atoms with Gasteiger partial charge in [0.05, 0.1) is 18.2 Å². The van der Waals surface area contributed by atoms with E-state index in [-0.39, 0.29) is 28.6 Å². The van der Waals surface area contributed by atoms with Crippen molar-refractivity contribution in [2.24, 2.45) is 17.8 Å². The Labute approximate surface area is 309 Å². The van der Waals surface area contributed by atoms with E-state index in [9.17, 15) is 9.59 Å². The molecule has 2 aliphatic carbocycles. The van der Waals surface area contributed by atoms with Crippen molar-refractivity contribution in [1.82, 2.24) is 34.6 Å². The quantitative estimate of drug-likeness (QED) is 0.193. The second-order valence-corrected chi connectivity index (χ2v) is 15.6. The molecule has 3 aliphatic rings. The largest absolute Gasteiger partial charge is 0.479 e. The first kappa shape index (κ1) is 36.4. The highest BCUT2D eigenvalue weighted by molar-refractivity contribution is 5.79. The van der Waals surface area contributed by atoms with Gasteiger partial charge in [-0.2, -0.15) is 9.97 Å². The molecule has 2 atom stereocenters. The van der Waals surface area contributed by atoms with Gasteiger partial charge in [-0.15, -0.1) is 0 Å². The minimum absolute atomic E-state index is 0.0234. The summed E-state index contributed by atoms with van der Waals surface area (Å²) in [6, 6.07) is 12.1. The molecule has 4 heterocycles. The number of aromatic nitrogens is 4. The van der Waals surface area contributed by atoms with E-state index in [4.69, 9.17) is 9.72 Å². The Hall–Kier alpha value is -4.98. The van der Waals surface area contributed by atoms with Crippen LogP contribution in [0.1, 0.15) is 46.0 Å². The van der Waals surface area contributed by atoms with Crippen LogP contribution in [0.15, 0.2) is 53.5 Å². The van der Waals surface area contributed by atoms with Crippen LogP contribution in [-0.4, -0.2) is 101 Å². The SMILES string of the molecule is COc1nc(N2CCN(C(=O)NC3(C)CC4CC(C)CC(C4)C3)CC2)ccc1Nc1ncc2c(F)cc(=O)n(-c3cccc(NCCN(C)C)c3)c2n1. The Morgan fingerprint density at radius 3 is 2.51 bits per heavy atom. The van der Waals surface area contributed by atoms with E-state index in [0.29, 0.717) is 61.8 Å². The van der Waals surface area contributed by atoms with E-state index >= 15 is 4.39 Å². The molecule has 2 bridgehead atoms. The van der Waals surface area contributed by atoms with Gasteiger partial charge in [-0.3, -0.25) is 9.36 Å². The lowest BCUT2D eigenvalue weighted by atomic mass is 9.63. The molecule has 13 nitrogen and oxygen atoms in total. The van der Waals surface area contributed by atoms with Crippen molar-refractivity contribution in [3.8, 4) is 11.6 Å².